The van der Waals surface area contributed by atoms with E-state index in [2.05, 4.69) is 37.8 Å². The normalized spacial score (nSPS) is 16.5. The van der Waals surface area contributed by atoms with Crippen molar-refractivity contribution in [1.82, 2.24) is 8.61 Å². The number of piperazine rings is 2. The van der Waals surface area contributed by atoms with Crippen LogP contribution in [0.25, 0.3) is 11.1 Å². The predicted molar refractivity (Wildman–Crippen MR) is 435 cm³/mol. The van der Waals surface area contributed by atoms with Crippen LogP contribution in [-0.4, -0.2) is 228 Å². The molecule has 0 unspecified atom stereocenters. The Balaban J connectivity index is 0.000000172. The number of anilines is 9. The number of morpholine rings is 2. The molecule has 0 radical (unpaired) electrons. The second-order valence-electron chi connectivity index (χ2n) is 27.7. The highest BCUT2D eigenvalue weighted by Gasteiger charge is 2.30. The van der Waals surface area contributed by atoms with Crippen molar-refractivity contribution in [3.8, 4) is 11.1 Å². The Morgan fingerprint density at radius 3 is 1.21 bits per heavy atom. The first-order valence-corrected chi connectivity index (χ1v) is 41.1. The molecule has 26 nitrogen and oxygen atoms in total. The monoisotopic (exact) mass is 1570 g/mol. The van der Waals surface area contributed by atoms with E-state index in [1.165, 1.54) is 26.8 Å². The van der Waals surface area contributed by atoms with Gasteiger partial charge in [-0.1, -0.05) is 29.8 Å². The Morgan fingerprint density at radius 1 is 0.468 bits per heavy atom. The van der Waals surface area contributed by atoms with Gasteiger partial charge in [-0.25, -0.2) is 16.8 Å². The molecule has 6 aliphatic heterocycles. The molecular weight excluding hydrogens is 1450 g/mol. The number of rotatable bonds is 22. The summed E-state index contributed by atoms with van der Waals surface area (Å²) in [5.74, 6) is 0.436. The van der Waals surface area contributed by atoms with Crippen LogP contribution >= 0.6 is 11.6 Å². The molecule has 6 saturated heterocycles. The van der Waals surface area contributed by atoms with Crippen LogP contribution in [0, 0.1) is 0 Å². The number of hydrogen-bond donors (Lipinski definition) is 1. The van der Waals surface area contributed by atoms with Gasteiger partial charge in [0.05, 0.1) is 72.0 Å². The maximum absolute atomic E-state index is 12.0. The van der Waals surface area contributed by atoms with E-state index in [1.807, 2.05) is 121 Å². The molecule has 0 spiro atoms. The molecule has 2 N–H and O–H groups in total. The van der Waals surface area contributed by atoms with Gasteiger partial charge in [-0.15, -0.1) is 0 Å². The number of hydrogen-bond acceptors (Lipinski definition) is 20. The smallest absolute Gasteiger partial charge is 0.227 e. The summed E-state index contributed by atoms with van der Waals surface area (Å²) in [6.45, 7) is 22.5. The average molecular weight is 1570 g/mol. The minimum absolute atomic E-state index is 0.0208. The summed E-state index contributed by atoms with van der Waals surface area (Å²) in [6.07, 6.45) is 5.61. The van der Waals surface area contributed by atoms with Crippen molar-refractivity contribution in [1.29, 1.82) is 0 Å². The van der Waals surface area contributed by atoms with E-state index in [0.717, 1.165) is 157 Å². The van der Waals surface area contributed by atoms with Crippen molar-refractivity contribution < 1.29 is 69.2 Å². The molecule has 29 heteroatoms. The second-order valence-corrected chi connectivity index (χ2v) is 32.1. The zero-order valence-electron chi connectivity index (χ0n) is 65.5. The standard InChI is InChI=1S/C19H22ClNO2.C17H25N3O4S.C16H22N2O3.C15H22N2O3.C13H21N3O3S/c1-13(2)21(14(3)22)18-9-10-19(16(11-18)12-23-4)15-5-7-17(20)8-6-15;1-24-13-14-12-15(20-7-3-4-17(20)21)5-6-16(14)18-8-10-19(11-9-18)25(2,22)23;1-20-12-13-11-14(18-6-2-3-16(18)19)4-5-15(13)17-7-9-21-10-8-17;1-12(18)16(2)14-4-5-15(13(10-14)11-19-3)17-6-8-20-9-7-17;1-19-10-11-9-12(14)3-4-13(11)15-5-7-16(8-6-15)20(2,17)18/h5-11,13H,12H2,1-4H3;5-6,12H,3-4,7-11,13H2,1-2H3;4-5,11H,2-3,6-10,12H2,1H3;4-5,10H,6-9,11H2,1-3H3;3-4,9H,5-8,10,14H2,1-2H3. The number of sulfonamides is 2. The van der Waals surface area contributed by atoms with Crippen molar-refractivity contribution in [2.24, 2.45) is 0 Å². The number of benzene rings is 6. The number of ether oxygens (including phenoxy) is 7. The van der Waals surface area contributed by atoms with Gasteiger partial charge in [0.15, 0.2) is 0 Å². The lowest BCUT2D eigenvalue weighted by Crippen LogP contribution is -2.48. The van der Waals surface area contributed by atoms with E-state index in [-0.39, 0.29) is 29.7 Å². The molecule has 6 aromatic rings. The number of carbonyl (C=O) groups is 4. The van der Waals surface area contributed by atoms with Gasteiger partial charge in [0.1, 0.15) is 0 Å². The third kappa shape index (κ3) is 24.5. The average Bonchev–Trinajstić information content (AvgIpc) is 1.75. The predicted octanol–water partition coefficient (Wildman–Crippen LogP) is 9.90. The summed E-state index contributed by atoms with van der Waals surface area (Å²) in [5, 5.41) is 0.709. The van der Waals surface area contributed by atoms with Crippen LogP contribution in [-0.2, 0) is 105 Å². The lowest BCUT2D eigenvalue weighted by molar-refractivity contribution is -0.117. The number of methoxy groups -OCH3 is 5. The second kappa shape index (κ2) is 41.9. The summed E-state index contributed by atoms with van der Waals surface area (Å²) in [6, 6.07) is 37.9. The maximum atomic E-state index is 12.0. The molecule has 12 rings (SSSR count). The number of halogens is 1. The zero-order chi connectivity index (χ0) is 79.0. The van der Waals surface area contributed by atoms with Crippen LogP contribution in [0.1, 0.15) is 81.2 Å². The van der Waals surface area contributed by atoms with E-state index in [0.29, 0.717) is 109 Å². The topological polar surface area (TPSA) is 260 Å². The Hall–Kier alpha value is -7.97. The van der Waals surface area contributed by atoms with Gasteiger partial charge in [0.25, 0.3) is 0 Å². The molecule has 6 aromatic carbocycles. The molecule has 0 aliphatic carbocycles. The van der Waals surface area contributed by atoms with Gasteiger partial charge >= 0.3 is 0 Å². The molecule has 0 saturated carbocycles. The van der Waals surface area contributed by atoms with E-state index < -0.39 is 20.0 Å². The maximum Gasteiger partial charge on any atom is 0.227 e. The Morgan fingerprint density at radius 2 is 0.835 bits per heavy atom. The van der Waals surface area contributed by atoms with E-state index in [4.69, 9.17) is 50.5 Å². The van der Waals surface area contributed by atoms with E-state index >= 15 is 0 Å². The molecule has 6 aliphatic rings. The fraction of sp³-hybridized carbons (Fsp3) is 0.500. The van der Waals surface area contributed by atoms with Crippen molar-refractivity contribution in [2.75, 3.05) is 218 Å². The highest BCUT2D eigenvalue weighted by Crippen LogP contribution is 2.35. The molecule has 6 heterocycles. The van der Waals surface area contributed by atoms with Gasteiger partial charge in [0, 0.05) is 245 Å². The Bertz CT molecular complexity index is 4210. The first-order chi connectivity index (χ1) is 52.2. The minimum Gasteiger partial charge on any atom is -0.399 e. The zero-order valence-corrected chi connectivity index (χ0v) is 67.9. The van der Waals surface area contributed by atoms with Gasteiger partial charge in [-0.3, -0.25) is 19.2 Å². The van der Waals surface area contributed by atoms with Crippen LogP contribution < -0.4 is 44.9 Å². The van der Waals surface area contributed by atoms with Crippen LogP contribution in [0.4, 0.5) is 51.2 Å². The van der Waals surface area contributed by atoms with Crippen LogP contribution in [0.5, 0.6) is 0 Å². The molecule has 0 aromatic heterocycles. The van der Waals surface area contributed by atoms with Crippen molar-refractivity contribution in [2.45, 2.75) is 92.5 Å². The SMILES string of the molecule is COCc1cc(N(C(C)=O)C(C)C)ccc1-c1ccc(Cl)cc1.COCc1cc(N(C)C(C)=O)ccc1N1CCOCC1.COCc1cc(N)ccc1N1CCN(S(C)(=O)=O)CC1.COCc1cc(N2CCCC2=O)ccc1N1CCN(S(C)(=O)=O)CC1.COCc1cc(N2CCCC2=O)ccc1N1CCOCC1. The van der Waals surface area contributed by atoms with Crippen LogP contribution in [0.2, 0.25) is 5.02 Å². The molecule has 0 bridgehead atoms. The summed E-state index contributed by atoms with van der Waals surface area (Å²) in [4.78, 5) is 63.4. The van der Waals surface area contributed by atoms with Crippen molar-refractivity contribution in [3.05, 3.63) is 148 Å². The fourth-order valence-electron chi connectivity index (χ4n) is 14.1. The molecule has 4 amide bonds. The lowest BCUT2D eigenvalue weighted by Gasteiger charge is -2.36. The Labute approximate surface area is 650 Å². The summed E-state index contributed by atoms with van der Waals surface area (Å²) in [7, 11) is 3.91. The highest BCUT2D eigenvalue weighted by molar-refractivity contribution is 7.88. The van der Waals surface area contributed by atoms with Crippen molar-refractivity contribution in [3.63, 3.8) is 0 Å². The summed E-state index contributed by atoms with van der Waals surface area (Å²) >= 11 is 5.97. The highest BCUT2D eigenvalue weighted by atomic mass is 35.5. The fourth-order valence-corrected chi connectivity index (χ4v) is 15.9. The van der Waals surface area contributed by atoms with Crippen molar-refractivity contribution >= 4 is 106 Å². The third-order valence-corrected chi connectivity index (χ3v) is 22.5. The van der Waals surface area contributed by atoms with E-state index in [9.17, 15) is 36.0 Å². The third-order valence-electron chi connectivity index (χ3n) is 19.6. The number of carbonyl (C=O) groups excluding carboxylic acids is 4. The van der Waals surface area contributed by atoms with Gasteiger partial charge < -0.3 is 78.1 Å². The van der Waals surface area contributed by atoms with Gasteiger partial charge in [-0.2, -0.15) is 8.61 Å². The first-order valence-electron chi connectivity index (χ1n) is 37.0. The number of amides is 4. The molecule has 0 atom stereocenters. The summed E-state index contributed by atoms with van der Waals surface area (Å²) in [5.41, 5.74) is 22.1. The Kier molecular flexibility index (Phi) is 33.3. The lowest BCUT2D eigenvalue weighted by atomic mass is 9.99. The number of nitrogens with zero attached hydrogens (tertiary/aromatic N) is 10. The molecular formula is C80H112ClN11O15S2. The van der Waals surface area contributed by atoms with Crippen LogP contribution in [0.3, 0.4) is 0 Å². The largest absolute Gasteiger partial charge is 0.399 e. The summed E-state index contributed by atoms with van der Waals surface area (Å²) < 4.78 is 86.7. The minimum atomic E-state index is -3.14. The molecule has 596 valence electrons. The first kappa shape index (κ1) is 86.6. The van der Waals surface area contributed by atoms with Gasteiger partial charge in [-0.05, 0) is 140 Å². The molecule has 109 heavy (non-hydrogen) atoms. The quantitative estimate of drug-likeness (QED) is 0.0620. The number of nitrogens with two attached hydrogens (primary N) is 1. The van der Waals surface area contributed by atoms with E-state index in [1.54, 1.807) is 66.2 Å². The van der Waals surface area contributed by atoms with Crippen LogP contribution in [0.15, 0.2) is 115 Å². The number of nitrogen functional groups attached to an aromatic ring is 1. The molecule has 6 fully saturated rings. The van der Waals surface area contributed by atoms with Gasteiger partial charge in [0.2, 0.25) is 43.7 Å².